The lowest BCUT2D eigenvalue weighted by Crippen LogP contribution is -2.44. The van der Waals surface area contributed by atoms with Gasteiger partial charge in [0.2, 0.25) is 5.91 Å². The second-order valence-electron chi connectivity index (χ2n) is 6.14. The Balaban J connectivity index is 1.78. The summed E-state index contributed by atoms with van der Waals surface area (Å²) in [6.45, 7) is 0.0173. The first-order valence-corrected chi connectivity index (χ1v) is 10.7. The number of rotatable bonds is 5. The van der Waals surface area contributed by atoms with Gasteiger partial charge in [0.05, 0.1) is 34.1 Å². The standard InChI is InChI=1S/C18H18Cl2N2O3S/c19-16-7-6-13(10-17(16)20)21-11-18(23)22(14-4-2-1-3-5-14)15-8-9-26(24,25)12-15/h1-7,10,15,21H,8-9,11-12H2/t15-/m1/s1. The van der Waals surface area contributed by atoms with Gasteiger partial charge >= 0.3 is 0 Å². The molecular weight excluding hydrogens is 395 g/mol. The second kappa shape index (κ2) is 7.86. The first-order valence-electron chi connectivity index (χ1n) is 8.12. The van der Waals surface area contributed by atoms with E-state index in [-0.39, 0.29) is 30.0 Å². The van der Waals surface area contributed by atoms with Crippen molar-refractivity contribution in [3.05, 3.63) is 58.6 Å². The van der Waals surface area contributed by atoms with Crippen LogP contribution in [0.4, 0.5) is 11.4 Å². The fraction of sp³-hybridized carbons (Fsp3) is 0.278. The van der Waals surface area contributed by atoms with Crippen LogP contribution in [0, 0.1) is 0 Å². The maximum absolute atomic E-state index is 12.9. The van der Waals surface area contributed by atoms with Gasteiger partial charge in [0, 0.05) is 11.4 Å². The number of sulfone groups is 1. The molecule has 1 amide bonds. The largest absolute Gasteiger partial charge is 0.376 e. The highest BCUT2D eigenvalue weighted by Gasteiger charge is 2.35. The average molecular weight is 413 g/mol. The van der Waals surface area contributed by atoms with Crippen molar-refractivity contribution in [1.82, 2.24) is 0 Å². The molecule has 1 atom stereocenters. The lowest BCUT2D eigenvalue weighted by molar-refractivity contribution is -0.117. The average Bonchev–Trinajstić information content (AvgIpc) is 2.96. The van der Waals surface area contributed by atoms with Gasteiger partial charge in [0.1, 0.15) is 0 Å². The van der Waals surface area contributed by atoms with E-state index in [1.807, 2.05) is 30.3 Å². The van der Waals surface area contributed by atoms with Gasteiger partial charge in [-0.2, -0.15) is 0 Å². The number of benzene rings is 2. The van der Waals surface area contributed by atoms with E-state index in [2.05, 4.69) is 5.32 Å². The molecule has 0 bridgehead atoms. The van der Waals surface area contributed by atoms with E-state index in [4.69, 9.17) is 23.2 Å². The number of anilines is 2. The molecule has 138 valence electrons. The normalized spacial score (nSPS) is 18.5. The van der Waals surface area contributed by atoms with E-state index in [1.165, 1.54) is 0 Å². The molecule has 0 radical (unpaired) electrons. The lowest BCUT2D eigenvalue weighted by atomic mass is 10.1. The van der Waals surface area contributed by atoms with Crippen molar-refractivity contribution in [2.45, 2.75) is 12.5 Å². The molecule has 5 nitrogen and oxygen atoms in total. The highest BCUT2D eigenvalue weighted by Crippen LogP contribution is 2.26. The van der Waals surface area contributed by atoms with Gasteiger partial charge in [-0.1, -0.05) is 41.4 Å². The molecule has 8 heteroatoms. The minimum atomic E-state index is -3.11. The topological polar surface area (TPSA) is 66.5 Å². The molecule has 1 aliphatic heterocycles. The molecule has 1 heterocycles. The van der Waals surface area contributed by atoms with Gasteiger partial charge < -0.3 is 10.2 Å². The number of amides is 1. The van der Waals surface area contributed by atoms with Crippen LogP contribution in [-0.2, 0) is 14.6 Å². The summed E-state index contributed by atoms with van der Waals surface area (Å²) in [6, 6.07) is 13.8. The van der Waals surface area contributed by atoms with Crippen LogP contribution in [0.2, 0.25) is 10.0 Å². The predicted molar refractivity (Wildman–Crippen MR) is 106 cm³/mol. The van der Waals surface area contributed by atoms with Gasteiger partial charge in [0.25, 0.3) is 0 Å². The molecule has 0 spiro atoms. The monoisotopic (exact) mass is 412 g/mol. The third-order valence-electron chi connectivity index (χ3n) is 4.24. The molecule has 0 aromatic heterocycles. The molecule has 1 fully saturated rings. The summed E-state index contributed by atoms with van der Waals surface area (Å²) in [5.41, 5.74) is 1.36. The Bertz CT molecular complexity index is 904. The first-order chi connectivity index (χ1) is 12.4. The summed E-state index contributed by atoms with van der Waals surface area (Å²) in [7, 11) is -3.11. The van der Waals surface area contributed by atoms with Gasteiger partial charge in [-0.3, -0.25) is 4.79 Å². The van der Waals surface area contributed by atoms with Gasteiger partial charge in [-0.05, 0) is 36.8 Å². The van der Waals surface area contributed by atoms with Crippen molar-refractivity contribution in [1.29, 1.82) is 0 Å². The fourth-order valence-corrected chi connectivity index (χ4v) is 4.99. The summed E-state index contributed by atoms with van der Waals surface area (Å²) in [6.07, 6.45) is 0.440. The smallest absolute Gasteiger partial charge is 0.246 e. The van der Waals surface area contributed by atoms with E-state index in [0.29, 0.717) is 27.8 Å². The van der Waals surface area contributed by atoms with Crippen LogP contribution in [0.5, 0.6) is 0 Å². The zero-order chi connectivity index (χ0) is 18.7. The Hall–Kier alpha value is -1.76. The van der Waals surface area contributed by atoms with Crippen LogP contribution >= 0.6 is 23.2 Å². The molecule has 26 heavy (non-hydrogen) atoms. The van der Waals surface area contributed by atoms with Crippen molar-refractivity contribution in [3.63, 3.8) is 0 Å². The number of para-hydroxylation sites is 1. The molecule has 3 rings (SSSR count). The highest BCUT2D eigenvalue weighted by molar-refractivity contribution is 7.91. The molecule has 0 unspecified atom stereocenters. The number of hydrogen-bond acceptors (Lipinski definition) is 4. The molecule has 2 aromatic rings. The summed E-state index contributed by atoms with van der Waals surface area (Å²) in [5, 5.41) is 3.85. The maximum atomic E-state index is 12.9. The van der Waals surface area contributed by atoms with Crippen LogP contribution in [0.3, 0.4) is 0 Å². The van der Waals surface area contributed by atoms with Crippen molar-refractivity contribution in [2.24, 2.45) is 0 Å². The molecule has 2 aromatic carbocycles. The van der Waals surface area contributed by atoms with Crippen LogP contribution in [0.25, 0.3) is 0 Å². The van der Waals surface area contributed by atoms with Crippen molar-refractivity contribution >= 4 is 50.3 Å². The Morgan fingerprint density at radius 1 is 1.12 bits per heavy atom. The minimum Gasteiger partial charge on any atom is -0.376 e. The SMILES string of the molecule is O=C(CNc1ccc(Cl)c(Cl)c1)N(c1ccccc1)[C@@H]1CCS(=O)(=O)C1. The number of carbonyl (C=O) groups excluding carboxylic acids is 1. The Labute approximate surface area is 162 Å². The fourth-order valence-electron chi connectivity index (χ4n) is 2.99. The lowest BCUT2D eigenvalue weighted by Gasteiger charge is -2.28. The molecule has 0 saturated carbocycles. The second-order valence-corrected chi connectivity index (χ2v) is 9.18. The number of hydrogen-bond donors (Lipinski definition) is 1. The van der Waals surface area contributed by atoms with Crippen molar-refractivity contribution in [3.8, 4) is 0 Å². The Morgan fingerprint density at radius 3 is 2.46 bits per heavy atom. The highest BCUT2D eigenvalue weighted by atomic mass is 35.5. The van der Waals surface area contributed by atoms with E-state index >= 15 is 0 Å². The van der Waals surface area contributed by atoms with Gasteiger partial charge in [-0.15, -0.1) is 0 Å². The molecule has 1 saturated heterocycles. The number of carbonyl (C=O) groups is 1. The third kappa shape index (κ3) is 4.50. The summed E-state index contributed by atoms with van der Waals surface area (Å²) < 4.78 is 23.7. The van der Waals surface area contributed by atoms with Crippen LogP contribution in [0.15, 0.2) is 48.5 Å². The maximum Gasteiger partial charge on any atom is 0.246 e. The molecule has 1 aliphatic rings. The Morgan fingerprint density at radius 2 is 1.85 bits per heavy atom. The van der Waals surface area contributed by atoms with Crippen LogP contribution < -0.4 is 10.2 Å². The Kier molecular flexibility index (Phi) is 5.75. The summed E-state index contributed by atoms with van der Waals surface area (Å²) >= 11 is 11.9. The van der Waals surface area contributed by atoms with E-state index in [0.717, 1.165) is 0 Å². The molecular formula is C18H18Cl2N2O3S. The van der Waals surface area contributed by atoms with Gasteiger partial charge in [-0.25, -0.2) is 8.42 Å². The number of nitrogens with zero attached hydrogens (tertiary/aromatic N) is 1. The van der Waals surface area contributed by atoms with Crippen LogP contribution in [0.1, 0.15) is 6.42 Å². The number of halogens is 2. The zero-order valence-electron chi connectivity index (χ0n) is 13.9. The minimum absolute atomic E-state index is 0.0135. The van der Waals surface area contributed by atoms with E-state index in [9.17, 15) is 13.2 Å². The predicted octanol–water partition coefficient (Wildman–Crippen LogP) is 3.63. The van der Waals surface area contributed by atoms with Crippen LogP contribution in [-0.4, -0.2) is 38.4 Å². The van der Waals surface area contributed by atoms with Gasteiger partial charge in [0.15, 0.2) is 9.84 Å². The quantitative estimate of drug-likeness (QED) is 0.813. The van der Waals surface area contributed by atoms with E-state index in [1.54, 1.807) is 23.1 Å². The summed E-state index contributed by atoms with van der Waals surface area (Å²) in [5.74, 6) is -0.112. The van der Waals surface area contributed by atoms with E-state index < -0.39 is 9.84 Å². The van der Waals surface area contributed by atoms with Crippen molar-refractivity contribution in [2.75, 3.05) is 28.3 Å². The summed E-state index contributed by atoms with van der Waals surface area (Å²) in [4.78, 5) is 14.5. The zero-order valence-corrected chi connectivity index (χ0v) is 16.2. The molecule has 1 N–H and O–H groups in total. The third-order valence-corrected chi connectivity index (χ3v) is 6.73. The first kappa shape index (κ1) is 19.0. The number of nitrogens with one attached hydrogen (secondary N) is 1. The molecule has 0 aliphatic carbocycles. The van der Waals surface area contributed by atoms with Crippen molar-refractivity contribution < 1.29 is 13.2 Å².